The summed E-state index contributed by atoms with van der Waals surface area (Å²) in [5.41, 5.74) is 2.08. The van der Waals surface area contributed by atoms with E-state index in [0.29, 0.717) is 6.04 Å². The Morgan fingerprint density at radius 2 is 2.25 bits per heavy atom. The number of nitrogens with zero attached hydrogens (tertiary/aromatic N) is 1. The first-order valence-corrected chi connectivity index (χ1v) is 6.36. The van der Waals surface area contributed by atoms with E-state index in [1.165, 1.54) is 12.8 Å². The number of aromatic nitrogens is 2. The Kier molecular flexibility index (Phi) is 2.33. The van der Waals surface area contributed by atoms with Crippen LogP contribution in [0.25, 0.3) is 11.0 Å². The number of nitrogens with one attached hydrogen (secondary N) is 1. The van der Waals surface area contributed by atoms with Crippen LogP contribution in [0.5, 0.6) is 0 Å². The molecular formula is C12H13ClN2S. The Hall–Kier alpha value is -0.800. The first-order valence-electron chi connectivity index (χ1n) is 5.57. The maximum Gasteiger partial charge on any atom is 0.178 e. The van der Waals surface area contributed by atoms with Gasteiger partial charge < -0.3 is 9.55 Å². The van der Waals surface area contributed by atoms with Crippen molar-refractivity contribution < 1.29 is 0 Å². The molecule has 0 saturated heterocycles. The number of hydrogen-bond donors (Lipinski definition) is 1. The average Bonchev–Trinajstić information content (AvgIpc) is 3.02. The summed E-state index contributed by atoms with van der Waals surface area (Å²) in [6.07, 6.45) is 2.63. The third-order valence-electron chi connectivity index (χ3n) is 3.41. The summed E-state index contributed by atoms with van der Waals surface area (Å²) in [6.45, 7) is 2.24. The van der Waals surface area contributed by atoms with Gasteiger partial charge in [-0.2, -0.15) is 0 Å². The maximum atomic E-state index is 6.15. The number of H-pyrrole nitrogens is 1. The Morgan fingerprint density at radius 1 is 1.50 bits per heavy atom. The molecule has 1 aromatic carbocycles. The minimum atomic E-state index is 0.472. The normalized spacial score (nSPS) is 17.9. The van der Waals surface area contributed by atoms with Gasteiger partial charge in [0.25, 0.3) is 0 Å². The number of halogens is 1. The second kappa shape index (κ2) is 3.60. The van der Waals surface area contributed by atoms with Gasteiger partial charge in [-0.15, -0.1) is 0 Å². The second-order valence-corrected chi connectivity index (χ2v) is 5.31. The minimum absolute atomic E-state index is 0.472. The molecule has 1 aliphatic carbocycles. The summed E-state index contributed by atoms with van der Waals surface area (Å²) in [5.74, 6) is 0.782. The fourth-order valence-corrected chi connectivity index (χ4v) is 2.89. The topological polar surface area (TPSA) is 20.7 Å². The molecule has 4 heteroatoms. The van der Waals surface area contributed by atoms with E-state index >= 15 is 0 Å². The van der Waals surface area contributed by atoms with Crippen molar-refractivity contribution in [2.45, 2.75) is 25.8 Å². The summed E-state index contributed by atoms with van der Waals surface area (Å²) >= 11 is 11.5. The molecule has 1 aliphatic rings. The summed E-state index contributed by atoms with van der Waals surface area (Å²) in [5, 5.41) is 0.741. The molecule has 2 nitrogen and oxygen atoms in total. The zero-order valence-electron chi connectivity index (χ0n) is 9.03. The molecule has 1 heterocycles. The van der Waals surface area contributed by atoms with Crippen LogP contribution in [0, 0.1) is 10.7 Å². The van der Waals surface area contributed by atoms with Crippen molar-refractivity contribution in [2.24, 2.45) is 5.92 Å². The number of hydrogen-bond acceptors (Lipinski definition) is 1. The van der Waals surface area contributed by atoms with Crippen LogP contribution in [-0.2, 0) is 0 Å². The number of benzene rings is 1. The van der Waals surface area contributed by atoms with Gasteiger partial charge in [0.2, 0.25) is 0 Å². The lowest BCUT2D eigenvalue weighted by Gasteiger charge is -2.13. The van der Waals surface area contributed by atoms with Gasteiger partial charge in [0.15, 0.2) is 4.77 Å². The van der Waals surface area contributed by atoms with E-state index in [0.717, 1.165) is 26.7 Å². The molecule has 1 N–H and O–H groups in total. The first-order chi connectivity index (χ1) is 7.68. The quantitative estimate of drug-likeness (QED) is 0.790. The zero-order valence-corrected chi connectivity index (χ0v) is 10.6. The van der Waals surface area contributed by atoms with Crippen molar-refractivity contribution in [3.8, 4) is 0 Å². The van der Waals surface area contributed by atoms with Crippen LogP contribution >= 0.6 is 23.8 Å². The van der Waals surface area contributed by atoms with Crippen LogP contribution in [0.2, 0.25) is 5.02 Å². The molecule has 1 fully saturated rings. The van der Waals surface area contributed by atoms with Gasteiger partial charge in [0, 0.05) is 6.04 Å². The van der Waals surface area contributed by atoms with Gasteiger partial charge in [-0.05, 0) is 50.0 Å². The highest BCUT2D eigenvalue weighted by molar-refractivity contribution is 7.71. The molecule has 1 aromatic heterocycles. The van der Waals surface area contributed by atoms with E-state index in [4.69, 9.17) is 23.8 Å². The summed E-state index contributed by atoms with van der Waals surface area (Å²) < 4.78 is 2.98. The van der Waals surface area contributed by atoms with Gasteiger partial charge in [-0.25, -0.2) is 0 Å². The van der Waals surface area contributed by atoms with Crippen molar-refractivity contribution in [2.75, 3.05) is 0 Å². The van der Waals surface area contributed by atoms with Crippen molar-refractivity contribution in [1.82, 2.24) is 9.55 Å². The zero-order chi connectivity index (χ0) is 11.3. The fraction of sp³-hybridized carbons (Fsp3) is 0.417. The maximum absolute atomic E-state index is 6.15. The number of rotatable bonds is 2. The molecule has 0 aliphatic heterocycles. The predicted molar refractivity (Wildman–Crippen MR) is 69.6 cm³/mol. The fourth-order valence-electron chi connectivity index (χ4n) is 2.31. The number of para-hydroxylation sites is 1. The number of aromatic amines is 1. The minimum Gasteiger partial charge on any atom is -0.329 e. The van der Waals surface area contributed by atoms with E-state index in [1.807, 2.05) is 12.1 Å². The van der Waals surface area contributed by atoms with Crippen LogP contribution in [0.15, 0.2) is 18.2 Å². The standard InChI is InChI=1S/C12H13ClN2S/c1-7(8-5-6-8)15-10-4-2-3-9(13)11(10)14-12(15)16/h2-4,7-8H,5-6H2,1H3,(H,14,16). The Morgan fingerprint density at radius 3 is 2.94 bits per heavy atom. The summed E-state index contributed by atoms with van der Waals surface area (Å²) in [7, 11) is 0. The Balaban J connectivity index is 2.26. The number of imidazole rings is 1. The Labute approximate surface area is 104 Å². The van der Waals surface area contributed by atoms with Crippen LogP contribution in [0.4, 0.5) is 0 Å². The van der Waals surface area contributed by atoms with E-state index in [-0.39, 0.29) is 0 Å². The largest absolute Gasteiger partial charge is 0.329 e. The molecule has 1 unspecified atom stereocenters. The van der Waals surface area contributed by atoms with Gasteiger partial charge >= 0.3 is 0 Å². The van der Waals surface area contributed by atoms with Gasteiger partial charge in [0.1, 0.15) is 0 Å². The molecule has 1 saturated carbocycles. The predicted octanol–water partition coefficient (Wildman–Crippen LogP) is 4.32. The first kappa shape index (κ1) is 10.4. The van der Waals surface area contributed by atoms with E-state index in [1.54, 1.807) is 0 Å². The second-order valence-electron chi connectivity index (χ2n) is 4.51. The lowest BCUT2D eigenvalue weighted by molar-refractivity contribution is 0.493. The molecule has 2 aromatic rings. The van der Waals surface area contributed by atoms with Crippen LogP contribution < -0.4 is 0 Å². The van der Waals surface area contributed by atoms with Gasteiger partial charge in [-0.3, -0.25) is 0 Å². The lowest BCUT2D eigenvalue weighted by Crippen LogP contribution is -2.06. The molecule has 16 heavy (non-hydrogen) atoms. The third kappa shape index (κ3) is 1.50. The monoisotopic (exact) mass is 252 g/mol. The van der Waals surface area contributed by atoms with Gasteiger partial charge in [-0.1, -0.05) is 17.7 Å². The van der Waals surface area contributed by atoms with Crippen molar-refractivity contribution in [3.05, 3.63) is 28.0 Å². The van der Waals surface area contributed by atoms with Crippen molar-refractivity contribution in [3.63, 3.8) is 0 Å². The molecule has 0 spiro atoms. The summed E-state index contributed by atoms with van der Waals surface area (Å²) in [4.78, 5) is 3.20. The average molecular weight is 253 g/mol. The molecular weight excluding hydrogens is 240 g/mol. The van der Waals surface area contributed by atoms with Crippen LogP contribution in [0.3, 0.4) is 0 Å². The van der Waals surface area contributed by atoms with E-state index in [2.05, 4.69) is 22.5 Å². The highest BCUT2D eigenvalue weighted by atomic mass is 35.5. The van der Waals surface area contributed by atoms with Crippen LogP contribution in [-0.4, -0.2) is 9.55 Å². The highest BCUT2D eigenvalue weighted by Crippen LogP contribution is 2.41. The summed E-state index contributed by atoms with van der Waals surface area (Å²) in [6, 6.07) is 6.41. The van der Waals surface area contributed by atoms with Gasteiger partial charge in [0.05, 0.1) is 16.1 Å². The molecule has 84 valence electrons. The molecule has 0 bridgehead atoms. The molecule has 3 rings (SSSR count). The highest BCUT2D eigenvalue weighted by Gasteiger charge is 2.30. The molecule has 0 amide bonds. The SMILES string of the molecule is CC(C1CC1)n1c(=S)[nH]c2c(Cl)cccc21. The molecule has 1 atom stereocenters. The smallest absolute Gasteiger partial charge is 0.178 e. The van der Waals surface area contributed by atoms with Crippen molar-refractivity contribution in [1.29, 1.82) is 0 Å². The van der Waals surface area contributed by atoms with E-state index < -0.39 is 0 Å². The Bertz CT molecular complexity index is 595. The molecule has 0 radical (unpaired) electrons. The number of fused-ring (bicyclic) bond motifs is 1. The van der Waals surface area contributed by atoms with Crippen molar-refractivity contribution >= 4 is 34.9 Å². The van der Waals surface area contributed by atoms with Crippen LogP contribution in [0.1, 0.15) is 25.8 Å². The third-order valence-corrected chi connectivity index (χ3v) is 4.03. The van der Waals surface area contributed by atoms with E-state index in [9.17, 15) is 0 Å². The lowest BCUT2D eigenvalue weighted by atomic mass is 10.2.